The maximum atomic E-state index is 13.5. The number of rotatable bonds is 7. The molecule has 0 radical (unpaired) electrons. The number of benzene rings is 1. The predicted molar refractivity (Wildman–Crippen MR) is 100 cm³/mol. The van der Waals surface area contributed by atoms with Gasteiger partial charge in [-0.2, -0.15) is 13.2 Å². The summed E-state index contributed by atoms with van der Waals surface area (Å²) in [6.45, 7) is 1.68. The molecule has 0 aliphatic carbocycles. The molecule has 1 aromatic carbocycles. The van der Waals surface area contributed by atoms with Crippen molar-refractivity contribution in [2.45, 2.75) is 38.5 Å². The van der Waals surface area contributed by atoms with Crippen LogP contribution in [0, 0.1) is 10.1 Å². The van der Waals surface area contributed by atoms with Crippen LogP contribution < -0.4 is 4.74 Å². The van der Waals surface area contributed by atoms with Crippen LogP contribution >= 0.6 is 23.2 Å². The van der Waals surface area contributed by atoms with Crippen LogP contribution in [0.3, 0.4) is 0 Å². The number of nitrogens with zero attached hydrogens (tertiary/aromatic N) is 1. The van der Waals surface area contributed by atoms with E-state index in [4.69, 9.17) is 32.7 Å². The standard InChI is InChI=1S/C17H14Cl2F3NO9/c1-7(32-23(26)27)6-28-16(25)30-8(2)29-15(24)11-4-9-3-10(18)5-12(19)13(9)31-14(11)17(20,21)22/h3-5,7-8,14H,6H2,1-2H3/t7-,8?,14?/m0/s1. The van der Waals surface area contributed by atoms with Gasteiger partial charge in [-0.3, -0.25) is 0 Å². The topological polar surface area (TPSA) is 123 Å². The van der Waals surface area contributed by atoms with Crippen molar-refractivity contribution in [3.05, 3.63) is 43.4 Å². The summed E-state index contributed by atoms with van der Waals surface area (Å²) in [5, 5.41) is 8.95. The lowest BCUT2D eigenvalue weighted by Gasteiger charge is -2.29. The zero-order chi connectivity index (χ0) is 24.2. The molecular weight excluding hydrogens is 490 g/mol. The number of fused-ring (bicyclic) bond motifs is 1. The number of ether oxygens (including phenoxy) is 4. The highest BCUT2D eigenvalue weighted by molar-refractivity contribution is 6.36. The van der Waals surface area contributed by atoms with Crippen molar-refractivity contribution in [2.75, 3.05) is 6.61 Å². The molecule has 0 spiro atoms. The molecule has 15 heteroatoms. The van der Waals surface area contributed by atoms with Gasteiger partial charge in [-0.15, -0.1) is 10.1 Å². The molecule has 0 bridgehead atoms. The van der Waals surface area contributed by atoms with Gasteiger partial charge in [0.1, 0.15) is 18.5 Å². The van der Waals surface area contributed by atoms with Crippen LogP contribution in [-0.4, -0.2) is 48.5 Å². The zero-order valence-corrected chi connectivity index (χ0v) is 17.7. The molecule has 2 unspecified atom stereocenters. The summed E-state index contributed by atoms with van der Waals surface area (Å²) in [7, 11) is 0. The van der Waals surface area contributed by atoms with Gasteiger partial charge >= 0.3 is 18.3 Å². The first-order chi connectivity index (χ1) is 14.8. The second kappa shape index (κ2) is 10.1. The Morgan fingerprint density at radius 3 is 2.50 bits per heavy atom. The first-order valence-corrected chi connectivity index (χ1v) is 9.33. The summed E-state index contributed by atoms with van der Waals surface area (Å²) in [5.74, 6) is -1.83. The van der Waals surface area contributed by atoms with Crippen molar-refractivity contribution in [1.82, 2.24) is 0 Å². The normalized spacial score (nSPS) is 17.1. The summed E-state index contributed by atoms with van der Waals surface area (Å²) < 4.78 is 59.1. The maximum Gasteiger partial charge on any atom is 0.511 e. The van der Waals surface area contributed by atoms with E-state index in [9.17, 15) is 32.9 Å². The molecule has 2 rings (SSSR count). The molecule has 0 amide bonds. The number of halogens is 5. The minimum atomic E-state index is -5.01. The zero-order valence-electron chi connectivity index (χ0n) is 16.2. The molecule has 32 heavy (non-hydrogen) atoms. The molecule has 1 aliphatic rings. The molecule has 176 valence electrons. The Hall–Kier alpha value is -2.93. The lowest BCUT2D eigenvalue weighted by Crippen LogP contribution is -2.41. The Morgan fingerprint density at radius 1 is 1.25 bits per heavy atom. The third-order valence-electron chi connectivity index (χ3n) is 3.64. The Labute approximate surface area is 187 Å². The number of alkyl halides is 3. The van der Waals surface area contributed by atoms with Gasteiger partial charge in [0.25, 0.3) is 5.09 Å². The van der Waals surface area contributed by atoms with Crippen LogP contribution in [0.4, 0.5) is 18.0 Å². The van der Waals surface area contributed by atoms with Crippen LogP contribution in [0.2, 0.25) is 10.0 Å². The molecule has 0 saturated carbocycles. The van der Waals surface area contributed by atoms with E-state index in [2.05, 4.69) is 14.3 Å². The quantitative estimate of drug-likeness (QED) is 0.231. The second-order valence-corrected chi connectivity index (χ2v) is 7.08. The van der Waals surface area contributed by atoms with Crippen LogP contribution in [0.25, 0.3) is 6.08 Å². The average Bonchev–Trinajstić information content (AvgIpc) is 2.63. The van der Waals surface area contributed by atoms with E-state index >= 15 is 0 Å². The third-order valence-corrected chi connectivity index (χ3v) is 4.14. The van der Waals surface area contributed by atoms with E-state index in [0.717, 1.165) is 13.0 Å². The fourth-order valence-corrected chi connectivity index (χ4v) is 2.97. The van der Waals surface area contributed by atoms with Crippen molar-refractivity contribution < 1.29 is 51.6 Å². The summed E-state index contributed by atoms with van der Waals surface area (Å²) in [4.78, 5) is 38.2. The molecule has 1 heterocycles. The minimum Gasteiger partial charge on any atom is -0.474 e. The molecule has 1 aliphatic heterocycles. The SMILES string of the molecule is CC(OC(=O)OC[C@H](C)O[N+](=O)[O-])OC(=O)C1=Cc2cc(Cl)cc(Cl)c2OC1C(F)(F)F. The van der Waals surface area contributed by atoms with Crippen molar-refractivity contribution in [2.24, 2.45) is 0 Å². The van der Waals surface area contributed by atoms with Gasteiger partial charge in [-0.25, -0.2) is 9.59 Å². The molecule has 10 nitrogen and oxygen atoms in total. The van der Waals surface area contributed by atoms with E-state index in [1.165, 1.54) is 19.1 Å². The van der Waals surface area contributed by atoms with Gasteiger partial charge in [0.15, 0.2) is 0 Å². The number of carbonyl (C=O) groups excluding carboxylic acids is 2. The molecule has 0 saturated heterocycles. The summed E-state index contributed by atoms with van der Waals surface area (Å²) >= 11 is 11.7. The number of hydrogen-bond donors (Lipinski definition) is 0. The summed E-state index contributed by atoms with van der Waals surface area (Å²) in [6.07, 6.45) is -11.1. The lowest BCUT2D eigenvalue weighted by atomic mass is 10.0. The average molecular weight is 504 g/mol. The number of esters is 1. The molecule has 0 N–H and O–H groups in total. The highest BCUT2D eigenvalue weighted by Gasteiger charge is 2.49. The molecular formula is C17H14Cl2F3NO9. The second-order valence-electron chi connectivity index (χ2n) is 6.24. The van der Waals surface area contributed by atoms with E-state index in [0.29, 0.717) is 0 Å². The Kier molecular flexibility index (Phi) is 8.02. The fourth-order valence-electron chi connectivity index (χ4n) is 2.42. The molecule has 1 aromatic rings. The van der Waals surface area contributed by atoms with E-state index in [1.54, 1.807) is 0 Å². The van der Waals surface area contributed by atoms with E-state index in [1.807, 2.05) is 0 Å². The summed E-state index contributed by atoms with van der Waals surface area (Å²) in [5.41, 5.74) is -0.942. The monoisotopic (exact) mass is 503 g/mol. The molecule has 3 atom stereocenters. The van der Waals surface area contributed by atoms with Crippen molar-refractivity contribution in [3.63, 3.8) is 0 Å². The first-order valence-electron chi connectivity index (χ1n) is 8.57. The molecule has 0 aromatic heterocycles. The third kappa shape index (κ3) is 6.79. The highest BCUT2D eigenvalue weighted by atomic mass is 35.5. The largest absolute Gasteiger partial charge is 0.511 e. The minimum absolute atomic E-state index is 0.00251. The van der Waals surface area contributed by atoms with Crippen molar-refractivity contribution in [1.29, 1.82) is 0 Å². The smallest absolute Gasteiger partial charge is 0.474 e. The van der Waals surface area contributed by atoms with Crippen LogP contribution in [-0.2, 0) is 23.8 Å². The van der Waals surface area contributed by atoms with Gasteiger partial charge in [0, 0.05) is 17.5 Å². The number of carbonyl (C=O) groups is 2. The molecule has 0 fully saturated rings. The Morgan fingerprint density at radius 2 is 1.91 bits per heavy atom. The van der Waals surface area contributed by atoms with Gasteiger partial charge in [0.2, 0.25) is 12.4 Å². The van der Waals surface area contributed by atoms with Crippen molar-refractivity contribution >= 4 is 41.4 Å². The van der Waals surface area contributed by atoms with E-state index < -0.39 is 54.1 Å². The Balaban J connectivity index is 2.09. The van der Waals surface area contributed by atoms with Gasteiger partial charge in [0.05, 0.1) is 10.6 Å². The van der Waals surface area contributed by atoms with Crippen LogP contribution in [0.5, 0.6) is 5.75 Å². The van der Waals surface area contributed by atoms with Crippen LogP contribution in [0.15, 0.2) is 17.7 Å². The van der Waals surface area contributed by atoms with E-state index in [-0.39, 0.29) is 21.4 Å². The van der Waals surface area contributed by atoms with Crippen LogP contribution in [0.1, 0.15) is 19.4 Å². The predicted octanol–water partition coefficient (Wildman–Crippen LogP) is 4.34. The van der Waals surface area contributed by atoms with Gasteiger partial charge < -0.3 is 23.8 Å². The maximum absolute atomic E-state index is 13.5. The Bertz CT molecular complexity index is 939. The van der Waals surface area contributed by atoms with Crippen molar-refractivity contribution in [3.8, 4) is 5.75 Å². The van der Waals surface area contributed by atoms with Gasteiger partial charge in [-0.05, 0) is 25.1 Å². The highest BCUT2D eigenvalue weighted by Crippen LogP contribution is 2.42. The number of hydrogen-bond acceptors (Lipinski definition) is 9. The first kappa shape index (κ1) is 25.3. The summed E-state index contributed by atoms with van der Waals surface area (Å²) in [6, 6.07) is 2.40. The fraction of sp³-hybridized carbons (Fsp3) is 0.412. The lowest BCUT2D eigenvalue weighted by molar-refractivity contribution is -0.767. The van der Waals surface area contributed by atoms with Gasteiger partial charge in [-0.1, -0.05) is 23.2 Å².